The fourth-order valence-electron chi connectivity index (χ4n) is 4.41. The van der Waals surface area contributed by atoms with Crippen LogP contribution >= 0.6 is 0 Å². The SMILES string of the molecule is CN=C(NCCCN1CCCC(C)C1)N1CCC2(CCOC2)C1. The molecule has 3 saturated heterocycles. The first-order valence-corrected chi connectivity index (χ1v) is 9.46. The smallest absolute Gasteiger partial charge is 0.193 e. The van der Waals surface area contributed by atoms with Crippen LogP contribution in [0.1, 0.15) is 39.0 Å². The minimum absolute atomic E-state index is 0.404. The Hall–Kier alpha value is -0.810. The van der Waals surface area contributed by atoms with Crippen LogP contribution in [-0.2, 0) is 4.74 Å². The molecule has 0 saturated carbocycles. The molecule has 3 aliphatic heterocycles. The highest BCUT2D eigenvalue weighted by atomic mass is 16.5. The second-order valence-corrected chi connectivity index (χ2v) is 7.85. The van der Waals surface area contributed by atoms with Gasteiger partial charge in [-0.05, 0) is 51.1 Å². The second kappa shape index (κ2) is 7.84. The molecule has 0 amide bonds. The monoisotopic (exact) mass is 322 g/mol. The van der Waals surface area contributed by atoms with E-state index in [1.807, 2.05) is 7.05 Å². The molecule has 0 radical (unpaired) electrons. The van der Waals surface area contributed by atoms with E-state index in [1.165, 1.54) is 51.7 Å². The summed E-state index contributed by atoms with van der Waals surface area (Å²) in [5.41, 5.74) is 0.404. The third kappa shape index (κ3) is 4.38. The predicted octanol–water partition coefficient (Wildman–Crippen LogP) is 1.80. The van der Waals surface area contributed by atoms with E-state index in [-0.39, 0.29) is 0 Å². The third-order valence-corrected chi connectivity index (χ3v) is 5.81. The molecule has 0 aromatic heterocycles. The molecule has 23 heavy (non-hydrogen) atoms. The summed E-state index contributed by atoms with van der Waals surface area (Å²) in [6.45, 7) is 11.3. The van der Waals surface area contributed by atoms with Gasteiger partial charge in [0.25, 0.3) is 0 Å². The number of nitrogens with one attached hydrogen (secondary N) is 1. The first kappa shape index (κ1) is 17.0. The molecule has 0 aliphatic carbocycles. The van der Waals surface area contributed by atoms with Crippen LogP contribution in [0.5, 0.6) is 0 Å². The number of aliphatic imine (C=N–C) groups is 1. The van der Waals surface area contributed by atoms with Crippen LogP contribution in [0.25, 0.3) is 0 Å². The van der Waals surface area contributed by atoms with Crippen molar-refractivity contribution in [1.82, 2.24) is 15.1 Å². The van der Waals surface area contributed by atoms with Crippen molar-refractivity contribution in [3.63, 3.8) is 0 Å². The number of nitrogens with zero attached hydrogens (tertiary/aromatic N) is 3. The van der Waals surface area contributed by atoms with Crippen molar-refractivity contribution in [2.45, 2.75) is 39.0 Å². The van der Waals surface area contributed by atoms with Gasteiger partial charge in [0, 0.05) is 45.2 Å². The summed E-state index contributed by atoms with van der Waals surface area (Å²) in [5.74, 6) is 1.96. The lowest BCUT2D eigenvalue weighted by molar-refractivity contribution is 0.156. The van der Waals surface area contributed by atoms with Gasteiger partial charge in [-0.25, -0.2) is 0 Å². The molecule has 1 spiro atoms. The van der Waals surface area contributed by atoms with Crippen molar-refractivity contribution < 1.29 is 4.74 Å². The van der Waals surface area contributed by atoms with Gasteiger partial charge in [-0.2, -0.15) is 0 Å². The first-order chi connectivity index (χ1) is 11.2. The standard InChI is InChI=1S/C18H34N4O/c1-16-5-3-9-21(13-16)10-4-8-20-17(19-2)22-11-6-18(14-22)7-12-23-15-18/h16H,3-15H2,1-2H3,(H,19,20). The number of hydrogen-bond donors (Lipinski definition) is 1. The van der Waals surface area contributed by atoms with Gasteiger partial charge >= 0.3 is 0 Å². The Morgan fingerprint density at radius 1 is 1.35 bits per heavy atom. The van der Waals surface area contributed by atoms with Gasteiger partial charge in [-0.3, -0.25) is 4.99 Å². The Kier molecular flexibility index (Phi) is 5.81. The maximum atomic E-state index is 5.63. The minimum Gasteiger partial charge on any atom is -0.381 e. The Labute approximate surface area is 141 Å². The maximum Gasteiger partial charge on any atom is 0.193 e. The van der Waals surface area contributed by atoms with E-state index in [4.69, 9.17) is 4.74 Å². The topological polar surface area (TPSA) is 40.1 Å². The van der Waals surface area contributed by atoms with Crippen LogP contribution in [0.15, 0.2) is 4.99 Å². The van der Waals surface area contributed by atoms with Crippen molar-refractivity contribution in [3.05, 3.63) is 0 Å². The number of guanidine groups is 1. The van der Waals surface area contributed by atoms with E-state index < -0.39 is 0 Å². The van der Waals surface area contributed by atoms with Crippen molar-refractivity contribution >= 4 is 5.96 Å². The molecule has 0 aromatic rings. The van der Waals surface area contributed by atoms with Crippen LogP contribution in [0.4, 0.5) is 0 Å². The van der Waals surface area contributed by atoms with Gasteiger partial charge in [-0.1, -0.05) is 6.92 Å². The lowest BCUT2D eigenvalue weighted by Crippen LogP contribution is -2.42. The Morgan fingerprint density at radius 2 is 2.26 bits per heavy atom. The van der Waals surface area contributed by atoms with Crippen LogP contribution in [0, 0.1) is 11.3 Å². The first-order valence-electron chi connectivity index (χ1n) is 9.46. The maximum absolute atomic E-state index is 5.63. The van der Waals surface area contributed by atoms with E-state index in [1.54, 1.807) is 0 Å². The van der Waals surface area contributed by atoms with Gasteiger partial charge in [-0.15, -0.1) is 0 Å². The quantitative estimate of drug-likeness (QED) is 0.487. The van der Waals surface area contributed by atoms with Crippen LogP contribution in [-0.4, -0.2) is 75.3 Å². The predicted molar refractivity (Wildman–Crippen MR) is 94.9 cm³/mol. The molecule has 3 rings (SSSR count). The molecule has 3 aliphatic rings. The van der Waals surface area contributed by atoms with Crippen LogP contribution in [0.2, 0.25) is 0 Å². The van der Waals surface area contributed by atoms with E-state index in [9.17, 15) is 0 Å². The number of hydrogen-bond acceptors (Lipinski definition) is 3. The molecule has 0 bridgehead atoms. The zero-order chi connectivity index (χ0) is 16.1. The summed E-state index contributed by atoms with van der Waals surface area (Å²) in [4.78, 5) is 9.55. The third-order valence-electron chi connectivity index (χ3n) is 5.81. The highest BCUT2D eigenvalue weighted by Gasteiger charge is 2.42. The van der Waals surface area contributed by atoms with E-state index >= 15 is 0 Å². The molecular weight excluding hydrogens is 288 g/mol. The number of piperidine rings is 1. The number of ether oxygens (including phenoxy) is 1. The fraction of sp³-hybridized carbons (Fsp3) is 0.944. The van der Waals surface area contributed by atoms with Crippen molar-refractivity contribution in [2.75, 3.05) is 59.5 Å². The molecular formula is C18H34N4O. The fourth-order valence-corrected chi connectivity index (χ4v) is 4.41. The molecule has 2 atom stereocenters. The van der Waals surface area contributed by atoms with E-state index in [0.717, 1.165) is 44.7 Å². The molecule has 5 nitrogen and oxygen atoms in total. The lowest BCUT2D eigenvalue weighted by atomic mass is 9.87. The Bertz CT molecular complexity index is 406. The Balaban J connectivity index is 1.37. The molecule has 132 valence electrons. The second-order valence-electron chi connectivity index (χ2n) is 7.85. The molecule has 2 unspecified atom stereocenters. The van der Waals surface area contributed by atoms with E-state index in [2.05, 4.69) is 27.0 Å². The zero-order valence-electron chi connectivity index (χ0n) is 15.0. The average Bonchev–Trinajstić information content (AvgIpc) is 3.18. The average molecular weight is 322 g/mol. The molecule has 3 heterocycles. The summed E-state index contributed by atoms with van der Waals surface area (Å²) in [6.07, 6.45) is 6.44. The minimum atomic E-state index is 0.404. The largest absolute Gasteiger partial charge is 0.381 e. The summed E-state index contributed by atoms with van der Waals surface area (Å²) >= 11 is 0. The number of likely N-dealkylation sites (tertiary alicyclic amines) is 2. The Morgan fingerprint density at radius 3 is 3.00 bits per heavy atom. The van der Waals surface area contributed by atoms with Crippen molar-refractivity contribution in [1.29, 1.82) is 0 Å². The molecule has 3 fully saturated rings. The van der Waals surface area contributed by atoms with Crippen molar-refractivity contribution in [3.8, 4) is 0 Å². The van der Waals surface area contributed by atoms with Gasteiger partial charge < -0.3 is 19.9 Å². The van der Waals surface area contributed by atoms with Crippen LogP contribution < -0.4 is 5.32 Å². The van der Waals surface area contributed by atoms with Gasteiger partial charge in [0.2, 0.25) is 0 Å². The van der Waals surface area contributed by atoms with Gasteiger partial charge in [0.1, 0.15) is 0 Å². The summed E-state index contributed by atoms with van der Waals surface area (Å²) in [5, 5.41) is 3.58. The molecule has 5 heteroatoms. The summed E-state index contributed by atoms with van der Waals surface area (Å²) in [6, 6.07) is 0. The number of rotatable bonds is 4. The highest BCUT2D eigenvalue weighted by Crippen LogP contribution is 2.38. The zero-order valence-corrected chi connectivity index (χ0v) is 15.0. The summed E-state index contributed by atoms with van der Waals surface area (Å²) < 4.78 is 5.63. The normalized spacial score (nSPS) is 32.9. The van der Waals surface area contributed by atoms with Crippen molar-refractivity contribution in [2.24, 2.45) is 16.3 Å². The highest BCUT2D eigenvalue weighted by molar-refractivity contribution is 5.80. The van der Waals surface area contributed by atoms with Gasteiger partial charge in [0.15, 0.2) is 5.96 Å². The summed E-state index contributed by atoms with van der Waals surface area (Å²) in [7, 11) is 1.91. The van der Waals surface area contributed by atoms with Gasteiger partial charge in [0.05, 0.1) is 6.61 Å². The molecule has 0 aromatic carbocycles. The van der Waals surface area contributed by atoms with E-state index in [0.29, 0.717) is 5.41 Å². The van der Waals surface area contributed by atoms with Crippen LogP contribution in [0.3, 0.4) is 0 Å². The molecule has 1 N–H and O–H groups in total. The lowest BCUT2D eigenvalue weighted by Gasteiger charge is -2.31.